The van der Waals surface area contributed by atoms with Crippen LogP contribution in [0.1, 0.15) is 24.9 Å². The van der Waals surface area contributed by atoms with Gasteiger partial charge in [0.05, 0.1) is 16.8 Å². The number of carbonyl (C=O) groups excluding carboxylic acids is 1. The molecule has 1 heterocycles. The van der Waals surface area contributed by atoms with Crippen LogP contribution in [-0.2, 0) is 4.79 Å². The number of hydrogen-bond donors (Lipinski definition) is 0. The highest BCUT2D eigenvalue weighted by atomic mass is 35.5. The van der Waals surface area contributed by atoms with Crippen LogP contribution in [0.25, 0.3) is 0 Å². The summed E-state index contributed by atoms with van der Waals surface area (Å²) in [6, 6.07) is 15.0. The highest BCUT2D eigenvalue weighted by Crippen LogP contribution is 2.43. The molecule has 0 bridgehead atoms. The van der Waals surface area contributed by atoms with E-state index < -0.39 is 5.24 Å². The van der Waals surface area contributed by atoms with Crippen LogP contribution < -0.4 is 5.01 Å². The largest absolute Gasteiger partial charge is 0.274 e. The van der Waals surface area contributed by atoms with Gasteiger partial charge in [0, 0.05) is 10.9 Å². The van der Waals surface area contributed by atoms with Crippen LogP contribution in [0.4, 0.5) is 5.69 Å². The van der Waals surface area contributed by atoms with Crippen LogP contribution >= 0.6 is 34.8 Å². The number of rotatable bonds is 4. The molecule has 0 aromatic heterocycles. The number of carbonyl (C=O) groups is 1. The zero-order chi connectivity index (χ0) is 17.3. The molecule has 6 heteroatoms. The summed E-state index contributed by atoms with van der Waals surface area (Å²) in [6.07, 6.45) is 0.735. The van der Waals surface area contributed by atoms with E-state index in [2.05, 4.69) is 5.10 Å². The van der Waals surface area contributed by atoms with Gasteiger partial charge in [-0.15, -0.1) is 0 Å². The Hall–Kier alpha value is -1.55. The zero-order valence-electron chi connectivity index (χ0n) is 12.9. The molecule has 0 amide bonds. The summed E-state index contributed by atoms with van der Waals surface area (Å²) in [5, 5.41) is 6.77. The highest BCUT2D eigenvalue weighted by Gasteiger charge is 2.41. The Labute approximate surface area is 155 Å². The van der Waals surface area contributed by atoms with Crippen LogP contribution in [0.3, 0.4) is 0 Å². The highest BCUT2D eigenvalue weighted by molar-refractivity contribution is 6.82. The van der Waals surface area contributed by atoms with Crippen molar-refractivity contribution in [2.75, 3.05) is 5.01 Å². The molecule has 0 saturated carbocycles. The second kappa shape index (κ2) is 7.14. The number of nitrogens with zero attached hydrogens (tertiary/aromatic N) is 2. The molecule has 0 saturated heterocycles. The molecule has 3 rings (SSSR count). The Balaban J connectivity index is 2.14. The van der Waals surface area contributed by atoms with Gasteiger partial charge < -0.3 is 0 Å². The van der Waals surface area contributed by atoms with Crippen molar-refractivity contribution >= 4 is 51.4 Å². The van der Waals surface area contributed by atoms with E-state index in [0.717, 1.165) is 12.0 Å². The number of anilines is 1. The molecule has 2 aromatic carbocycles. The summed E-state index contributed by atoms with van der Waals surface area (Å²) < 4.78 is 0. The third kappa shape index (κ3) is 3.16. The van der Waals surface area contributed by atoms with Crippen LogP contribution in [0.15, 0.2) is 53.6 Å². The fourth-order valence-corrected chi connectivity index (χ4v) is 3.74. The van der Waals surface area contributed by atoms with Crippen molar-refractivity contribution in [3.8, 4) is 0 Å². The Morgan fingerprint density at radius 2 is 1.88 bits per heavy atom. The van der Waals surface area contributed by atoms with Gasteiger partial charge in [0.25, 0.3) is 5.24 Å². The third-order valence-corrected chi connectivity index (χ3v) is 4.88. The van der Waals surface area contributed by atoms with Gasteiger partial charge in [-0.2, -0.15) is 5.10 Å². The molecule has 124 valence electrons. The number of hydrazone groups is 1. The molecule has 0 radical (unpaired) electrons. The number of hydrogen-bond acceptors (Lipinski definition) is 3. The number of benzene rings is 2. The molecule has 3 nitrogen and oxygen atoms in total. The monoisotopic (exact) mass is 380 g/mol. The minimum Gasteiger partial charge on any atom is -0.274 e. The molecule has 0 fully saturated rings. The predicted molar refractivity (Wildman–Crippen MR) is 100 cm³/mol. The topological polar surface area (TPSA) is 32.7 Å². The molecule has 2 atom stereocenters. The minimum absolute atomic E-state index is 0.107. The quantitative estimate of drug-likeness (QED) is 0.636. The van der Waals surface area contributed by atoms with Gasteiger partial charge >= 0.3 is 0 Å². The summed E-state index contributed by atoms with van der Waals surface area (Å²) in [5.74, 6) is -0.107. The van der Waals surface area contributed by atoms with Gasteiger partial charge in [0.1, 0.15) is 5.71 Å². The van der Waals surface area contributed by atoms with Gasteiger partial charge in [-0.25, -0.2) is 0 Å². The lowest BCUT2D eigenvalue weighted by Gasteiger charge is -2.28. The van der Waals surface area contributed by atoms with Crippen molar-refractivity contribution in [3.63, 3.8) is 0 Å². The molecule has 2 unspecified atom stereocenters. The van der Waals surface area contributed by atoms with Gasteiger partial charge in [0.2, 0.25) is 0 Å². The molecule has 1 aliphatic rings. The van der Waals surface area contributed by atoms with Gasteiger partial charge in [-0.1, -0.05) is 60.5 Å². The third-order valence-electron chi connectivity index (χ3n) is 4.15. The predicted octanol–water partition coefficient (Wildman–Crippen LogP) is 5.70. The van der Waals surface area contributed by atoms with Crippen LogP contribution in [0.5, 0.6) is 0 Å². The van der Waals surface area contributed by atoms with Crippen LogP contribution in [0, 0.1) is 5.92 Å². The van der Waals surface area contributed by atoms with E-state index in [4.69, 9.17) is 34.8 Å². The first-order valence-electron chi connectivity index (χ1n) is 7.60. The maximum Gasteiger partial charge on any atom is 0.268 e. The Morgan fingerprint density at radius 1 is 1.17 bits per heavy atom. The Bertz CT molecular complexity index is 792. The molecule has 0 N–H and O–H groups in total. The van der Waals surface area contributed by atoms with Crippen molar-refractivity contribution in [3.05, 3.63) is 64.1 Å². The minimum atomic E-state index is -0.532. The molecular weight excluding hydrogens is 367 g/mol. The SMILES string of the molecule is CCC1C(C(=O)Cl)=NN(c2ccc(Cl)cc2Cl)C1c1ccccc1. The normalized spacial score (nSPS) is 20.2. The van der Waals surface area contributed by atoms with E-state index in [1.54, 1.807) is 23.2 Å². The van der Waals surface area contributed by atoms with Crippen molar-refractivity contribution in [2.24, 2.45) is 11.0 Å². The van der Waals surface area contributed by atoms with E-state index in [1.807, 2.05) is 37.3 Å². The standard InChI is InChI=1S/C18H15Cl3N2O/c1-2-13-16(18(21)24)22-23(15-9-8-12(19)10-14(15)20)17(13)11-6-4-3-5-7-11/h3-10,13,17H,2H2,1H3. The van der Waals surface area contributed by atoms with E-state index >= 15 is 0 Å². The summed E-state index contributed by atoms with van der Waals surface area (Å²) >= 11 is 18.1. The van der Waals surface area contributed by atoms with Gasteiger partial charge in [-0.05, 0) is 41.8 Å². The lowest BCUT2D eigenvalue weighted by molar-refractivity contribution is -0.106. The average molecular weight is 382 g/mol. The van der Waals surface area contributed by atoms with E-state index in [-0.39, 0.29) is 12.0 Å². The van der Waals surface area contributed by atoms with Crippen molar-refractivity contribution < 1.29 is 4.79 Å². The van der Waals surface area contributed by atoms with Crippen LogP contribution in [0.2, 0.25) is 10.0 Å². The Kier molecular flexibility index (Phi) is 5.14. The summed E-state index contributed by atoms with van der Waals surface area (Å²) in [5.41, 5.74) is 2.10. The van der Waals surface area contributed by atoms with Crippen LogP contribution in [-0.4, -0.2) is 11.0 Å². The first kappa shape index (κ1) is 17.3. The first-order valence-corrected chi connectivity index (χ1v) is 8.74. The van der Waals surface area contributed by atoms with Crippen molar-refractivity contribution in [1.29, 1.82) is 0 Å². The smallest absolute Gasteiger partial charge is 0.268 e. The van der Waals surface area contributed by atoms with E-state index in [1.165, 1.54) is 0 Å². The summed E-state index contributed by atoms with van der Waals surface area (Å²) in [4.78, 5) is 11.9. The summed E-state index contributed by atoms with van der Waals surface area (Å²) in [7, 11) is 0. The second-order valence-corrected chi connectivity index (χ2v) is 6.76. The van der Waals surface area contributed by atoms with Crippen molar-refractivity contribution in [2.45, 2.75) is 19.4 Å². The molecule has 0 spiro atoms. The van der Waals surface area contributed by atoms with Crippen molar-refractivity contribution in [1.82, 2.24) is 0 Å². The fraction of sp³-hybridized carbons (Fsp3) is 0.222. The molecule has 1 aliphatic heterocycles. The maximum atomic E-state index is 11.9. The van der Waals surface area contributed by atoms with E-state index in [9.17, 15) is 4.79 Å². The average Bonchev–Trinajstić information content (AvgIpc) is 2.95. The molecule has 2 aromatic rings. The lowest BCUT2D eigenvalue weighted by Crippen LogP contribution is -2.26. The molecule has 0 aliphatic carbocycles. The maximum absolute atomic E-state index is 11.9. The van der Waals surface area contributed by atoms with Gasteiger partial charge in [0.15, 0.2) is 0 Å². The van der Waals surface area contributed by atoms with E-state index in [0.29, 0.717) is 21.4 Å². The second-order valence-electron chi connectivity index (χ2n) is 5.57. The lowest BCUT2D eigenvalue weighted by atomic mass is 9.88. The zero-order valence-corrected chi connectivity index (χ0v) is 15.2. The molecular formula is C18H15Cl3N2O. The summed E-state index contributed by atoms with van der Waals surface area (Å²) in [6.45, 7) is 2.02. The van der Waals surface area contributed by atoms with Gasteiger partial charge in [-0.3, -0.25) is 9.80 Å². The molecule has 24 heavy (non-hydrogen) atoms. The Morgan fingerprint density at radius 3 is 2.46 bits per heavy atom. The first-order chi connectivity index (χ1) is 11.5. The fourth-order valence-electron chi connectivity index (χ4n) is 3.07. The number of halogens is 3.